The van der Waals surface area contributed by atoms with E-state index < -0.39 is 0 Å². The molecule has 2 amide bonds. The Kier molecular flexibility index (Phi) is 6.14. The Balaban J connectivity index is 1.79. The first kappa shape index (κ1) is 16.4. The van der Waals surface area contributed by atoms with Crippen molar-refractivity contribution in [1.29, 1.82) is 0 Å². The number of likely N-dealkylation sites (tertiary alicyclic amines) is 1. The fourth-order valence-electron chi connectivity index (χ4n) is 3.07. The lowest BCUT2D eigenvalue weighted by Gasteiger charge is -2.27. The first-order chi connectivity index (χ1) is 10.2. The van der Waals surface area contributed by atoms with Crippen LogP contribution in [0.1, 0.15) is 33.1 Å². The van der Waals surface area contributed by atoms with Crippen LogP contribution in [0.4, 0.5) is 0 Å². The molecule has 0 spiro atoms. The van der Waals surface area contributed by atoms with E-state index in [1.165, 1.54) is 4.90 Å². The summed E-state index contributed by atoms with van der Waals surface area (Å²) < 4.78 is 5.31. The fourth-order valence-corrected chi connectivity index (χ4v) is 3.07. The maximum Gasteiger partial charge on any atom is 0.247 e. The van der Waals surface area contributed by atoms with Gasteiger partial charge in [-0.2, -0.15) is 0 Å². The summed E-state index contributed by atoms with van der Waals surface area (Å²) in [6.45, 7) is 9.12. The largest absolute Gasteiger partial charge is 0.379 e. The minimum Gasteiger partial charge on any atom is -0.379 e. The summed E-state index contributed by atoms with van der Waals surface area (Å²) in [6.07, 6.45) is 1.96. The first-order valence-electron chi connectivity index (χ1n) is 8.06. The van der Waals surface area contributed by atoms with Crippen molar-refractivity contribution in [3.05, 3.63) is 0 Å². The van der Waals surface area contributed by atoms with Crippen LogP contribution < -0.4 is 5.32 Å². The summed E-state index contributed by atoms with van der Waals surface area (Å²) in [4.78, 5) is 28.2. The SMILES string of the molecule is CCC(CC)N1C(=O)CC(NCCN2CCOCC2)C1=O. The van der Waals surface area contributed by atoms with Gasteiger partial charge in [0, 0.05) is 32.2 Å². The number of carbonyl (C=O) groups excluding carboxylic acids is 2. The highest BCUT2D eigenvalue weighted by molar-refractivity contribution is 6.05. The molecule has 120 valence electrons. The van der Waals surface area contributed by atoms with Crippen molar-refractivity contribution in [3.63, 3.8) is 0 Å². The van der Waals surface area contributed by atoms with Crippen molar-refractivity contribution in [2.24, 2.45) is 0 Å². The lowest BCUT2D eigenvalue weighted by Crippen LogP contribution is -2.46. The topological polar surface area (TPSA) is 61.9 Å². The molecule has 2 saturated heterocycles. The normalized spacial score (nSPS) is 24.3. The summed E-state index contributed by atoms with van der Waals surface area (Å²) in [5.41, 5.74) is 0. The number of nitrogens with one attached hydrogen (secondary N) is 1. The average molecular weight is 297 g/mol. The predicted molar refractivity (Wildman–Crippen MR) is 79.9 cm³/mol. The summed E-state index contributed by atoms with van der Waals surface area (Å²) in [5.74, 6) is -0.0757. The van der Waals surface area contributed by atoms with E-state index in [4.69, 9.17) is 4.74 Å². The maximum atomic E-state index is 12.4. The summed E-state index contributed by atoms with van der Waals surface area (Å²) in [7, 11) is 0. The van der Waals surface area contributed by atoms with Crippen molar-refractivity contribution < 1.29 is 14.3 Å². The number of rotatable bonds is 7. The van der Waals surface area contributed by atoms with E-state index in [-0.39, 0.29) is 23.9 Å². The lowest BCUT2D eigenvalue weighted by molar-refractivity contribution is -0.141. The molecule has 1 N–H and O–H groups in total. The zero-order chi connectivity index (χ0) is 15.2. The van der Waals surface area contributed by atoms with Crippen LogP contribution in [0, 0.1) is 0 Å². The molecule has 2 aliphatic rings. The van der Waals surface area contributed by atoms with Gasteiger partial charge in [-0.3, -0.25) is 19.4 Å². The highest BCUT2D eigenvalue weighted by atomic mass is 16.5. The van der Waals surface area contributed by atoms with Gasteiger partial charge in [-0.25, -0.2) is 0 Å². The molecule has 2 fully saturated rings. The fraction of sp³-hybridized carbons (Fsp3) is 0.867. The second-order valence-corrected chi connectivity index (χ2v) is 5.74. The van der Waals surface area contributed by atoms with Gasteiger partial charge < -0.3 is 10.1 Å². The third kappa shape index (κ3) is 4.02. The summed E-state index contributed by atoms with van der Waals surface area (Å²) in [6, 6.07) is -0.282. The minimum absolute atomic E-state index is 0.0300. The standard InChI is InChI=1S/C15H27N3O3/c1-3-12(4-2)18-14(19)11-13(15(18)20)16-5-6-17-7-9-21-10-8-17/h12-13,16H,3-11H2,1-2H3. The van der Waals surface area contributed by atoms with Crippen molar-refractivity contribution in [2.45, 2.75) is 45.2 Å². The number of ether oxygens (including phenoxy) is 1. The number of imide groups is 1. The van der Waals surface area contributed by atoms with Gasteiger partial charge in [-0.05, 0) is 12.8 Å². The average Bonchev–Trinajstić information content (AvgIpc) is 2.78. The van der Waals surface area contributed by atoms with Gasteiger partial charge in [-0.1, -0.05) is 13.8 Å². The first-order valence-corrected chi connectivity index (χ1v) is 8.06. The number of nitrogens with zero attached hydrogens (tertiary/aromatic N) is 2. The number of hydrogen-bond donors (Lipinski definition) is 1. The van der Waals surface area contributed by atoms with Crippen LogP contribution in [-0.2, 0) is 14.3 Å². The number of hydrogen-bond acceptors (Lipinski definition) is 5. The monoisotopic (exact) mass is 297 g/mol. The Bertz CT molecular complexity index is 365. The van der Waals surface area contributed by atoms with Crippen LogP contribution in [0.2, 0.25) is 0 Å². The van der Waals surface area contributed by atoms with Gasteiger partial charge in [0.1, 0.15) is 0 Å². The van der Waals surface area contributed by atoms with Crippen molar-refractivity contribution >= 4 is 11.8 Å². The van der Waals surface area contributed by atoms with Crippen LogP contribution in [0.5, 0.6) is 0 Å². The molecule has 21 heavy (non-hydrogen) atoms. The Labute approximate surface area is 126 Å². The molecule has 0 aromatic carbocycles. The molecule has 0 radical (unpaired) electrons. The van der Waals surface area contributed by atoms with E-state index in [9.17, 15) is 9.59 Å². The Morgan fingerprint density at radius 1 is 1.24 bits per heavy atom. The highest BCUT2D eigenvalue weighted by Gasteiger charge is 2.40. The van der Waals surface area contributed by atoms with Crippen LogP contribution in [0.3, 0.4) is 0 Å². The van der Waals surface area contributed by atoms with Gasteiger partial charge in [-0.15, -0.1) is 0 Å². The zero-order valence-corrected chi connectivity index (χ0v) is 13.1. The molecular formula is C15H27N3O3. The molecule has 0 bridgehead atoms. The molecule has 2 heterocycles. The molecule has 6 nitrogen and oxygen atoms in total. The van der Waals surface area contributed by atoms with Crippen LogP contribution >= 0.6 is 0 Å². The zero-order valence-electron chi connectivity index (χ0n) is 13.1. The maximum absolute atomic E-state index is 12.4. The molecule has 0 aromatic rings. The van der Waals surface area contributed by atoms with Crippen LogP contribution in [0.15, 0.2) is 0 Å². The molecule has 0 aromatic heterocycles. The van der Waals surface area contributed by atoms with E-state index in [1.807, 2.05) is 13.8 Å². The summed E-state index contributed by atoms with van der Waals surface area (Å²) in [5, 5.41) is 3.25. The smallest absolute Gasteiger partial charge is 0.247 e. The molecule has 0 aliphatic carbocycles. The molecule has 0 saturated carbocycles. The quantitative estimate of drug-likeness (QED) is 0.681. The van der Waals surface area contributed by atoms with E-state index in [0.29, 0.717) is 6.42 Å². The van der Waals surface area contributed by atoms with E-state index >= 15 is 0 Å². The van der Waals surface area contributed by atoms with Gasteiger partial charge >= 0.3 is 0 Å². The Hall–Kier alpha value is -0.980. The molecule has 2 aliphatic heterocycles. The lowest BCUT2D eigenvalue weighted by atomic mass is 10.1. The Morgan fingerprint density at radius 3 is 2.52 bits per heavy atom. The molecule has 6 heteroatoms. The second kappa shape index (κ2) is 7.87. The van der Waals surface area contributed by atoms with Crippen molar-refractivity contribution in [1.82, 2.24) is 15.1 Å². The van der Waals surface area contributed by atoms with Crippen LogP contribution in [-0.4, -0.2) is 73.1 Å². The minimum atomic E-state index is -0.334. The van der Waals surface area contributed by atoms with Crippen molar-refractivity contribution in [2.75, 3.05) is 39.4 Å². The highest BCUT2D eigenvalue weighted by Crippen LogP contribution is 2.20. The molecular weight excluding hydrogens is 270 g/mol. The number of carbonyl (C=O) groups is 2. The predicted octanol–water partition coefficient (Wildman–Crippen LogP) is 0.224. The van der Waals surface area contributed by atoms with E-state index in [0.717, 1.165) is 52.2 Å². The van der Waals surface area contributed by atoms with Gasteiger partial charge in [0.15, 0.2) is 0 Å². The van der Waals surface area contributed by atoms with Gasteiger partial charge in [0.05, 0.1) is 25.7 Å². The van der Waals surface area contributed by atoms with Crippen molar-refractivity contribution in [3.8, 4) is 0 Å². The molecule has 2 rings (SSSR count). The third-order valence-corrected chi connectivity index (χ3v) is 4.41. The number of amides is 2. The third-order valence-electron chi connectivity index (χ3n) is 4.41. The molecule has 1 unspecified atom stereocenters. The second-order valence-electron chi connectivity index (χ2n) is 5.74. The van der Waals surface area contributed by atoms with Gasteiger partial charge in [0.25, 0.3) is 0 Å². The van der Waals surface area contributed by atoms with Gasteiger partial charge in [0.2, 0.25) is 11.8 Å². The van der Waals surface area contributed by atoms with E-state index in [2.05, 4.69) is 10.2 Å². The Morgan fingerprint density at radius 2 is 1.90 bits per heavy atom. The van der Waals surface area contributed by atoms with E-state index in [1.54, 1.807) is 0 Å². The molecule has 1 atom stereocenters. The number of morpholine rings is 1. The summed E-state index contributed by atoms with van der Waals surface area (Å²) >= 11 is 0. The van der Waals surface area contributed by atoms with Crippen LogP contribution in [0.25, 0.3) is 0 Å².